The van der Waals surface area contributed by atoms with E-state index in [0.29, 0.717) is 40.3 Å². The summed E-state index contributed by atoms with van der Waals surface area (Å²) in [6, 6.07) is 23.0. The van der Waals surface area contributed by atoms with E-state index in [4.69, 9.17) is 0 Å². The molecule has 0 fully saturated rings. The van der Waals surface area contributed by atoms with Gasteiger partial charge in [0, 0.05) is 11.1 Å². The molecule has 6 nitrogen and oxygen atoms in total. The van der Waals surface area contributed by atoms with E-state index >= 15 is 0 Å². The third kappa shape index (κ3) is 4.40. The number of nitrogens with one attached hydrogen (secondary N) is 2. The summed E-state index contributed by atoms with van der Waals surface area (Å²) < 4.78 is 27.5. The van der Waals surface area contributed by atoms with Crippen molar-refractivity contribution in [3.63, 3.8) is 0 Å². The number of aliphatic imine (C=N–C) groups is 2. The fourth-order valence-corrected chi connectivity index (χ4v) is 4.44. The average molecular weight is 492 g/mol. The summed E-state index contributed by atoms with van der Waals surface area (Å²) in [7, 11) is 0. The second kappa shape index (κ2) is 8.91. The number of hydrogen-bond donors (Lipinski definition) is 2. The second-order valence-corrected chi connectivity index (χ2v) is 8.73. The Kier molecular flexibility index (Phi) is 5.41. The van der Waals surface area contributed by atoms with Gasteiger partial charge in [-0.3, -0.25) is 9.59 Å². The lowest BCUT2D eigenvalue weighted by atomic mass is 10.0. The zero-order valence-corrected chi connectivity index (χ0v) is 19.3. The Hall–Kier alpha value is -4.98. The van der Waals surface area contributed by atoms with Crippen molar-refractivity contribution < 1.29 is 18.4 Å². The first-order valence-corrected chi connectivity index (χ1v) is 11.5. The zero-order valence-electron chi connectivity index (χ0n) is 19.3. The van der Waals surface area contributed by atoms with Crippen LogP contribution in [0.25, 0.3) is 0 Å². The van der Waals surface area contributed by atoms with Gasteiger partial charge in [0.2, 0.25) is 0 Å². The van der Waals surface area contributed by atoms with Gasteiger partial charge in [0.25, 0.3) is 11.8 Å². The second-order valence-electron chi connectivity index (χ2n) is 8.73. The molecule has 2 heterocycles. The van der Waals surface area contributed by atoms with Crippen LogP contribution in [0.3, 0.4) is 0 Å². The third-order valence-corrected chi connectivity index (χ3v) is 6.11. The van der Waals surface area contributed by atoms with Crippen molar-refractivity contribution >= 4 is 46.0 Å². The predicted molar refractivity (Wildman–Crippen MR) is 138 cm³/mol. The monoisotopic (exact) mass is 492 g/mol. The minimum atomic E-state index is -0.441. The first-order chi connectivity index (χ1) is 17.9. The van der Waals surface area contributed by atoms with Gasteiger partial charge in [-0.05, 0) is 78.2 Å². The summed E-state index contributed by atoms with van der Waals surface area (Å²) in [6.45, 7) is 0. The summed E-state index contributed by atoms with van der Waals surface area (Å²) >= 11 is 0. The smallest absolute Gasteiger partial charge is 0.275 e. The quantitative estimate of drug-likeness (QED) is 0.383. The molecule has 0 spiro atoms. The number of carbonyl (C=O) groups is 2. The summed E-state index contributed by atoms with van der Waals surface area (Å²) in [5.41, 5.74) is 5.26. The van der Waals surface area contributed by atoms with Crippen molar-refractivity contribution in [3.05, 3.63) is 119 Å². The summed E-state index contributed by atoms with van der Waals surface area (Å²) in [5.74, 6) is -1.64. The Morgan fingerprint density at radius 3 is 1.51 bits per heavy atom. The van der Waals surface area contributed by atoms with Crippen molar-refractivity contribution in [2.24, 2.45) is 9.98 Å². The molecule has 4 aromatic carbocycles. The number of halogens is 2. The van der Waals surface area contributed by atoms with E-state index in [2.05, 4.69) is 20.6 Å². The molecular formula is C29H18F2N4O2. The summed E-state index contributed by atoms with van der Waals surface area (Å²) in [4.78, 5) is 33.8. The predicted octanol–water partition coefficient (Wildman–Crippen LogP) is 5.70. The highest BCUT2D eigenvalue weighted by molar-refractivity contribution is 6.54. The maximum absolute atomic E-state index is 13.7. The number of carbonyl (C=O) groups excluding carboxylic acids is 2. The molecule has 0 saturated heterocycles. The van der Waals surface area contributed by atoms with E-state index < -0.39 is 11.6 Å². The topological polar surface area (TPSA) is 82.9 Å². The molecule has 0 radical (unpaired) electrons. The van der Waals surface area contributed by atoms with Crippen LogP contribution in [0.4, 0.5) is 31.5 Å². The SMILES string of the molecule is O=C1Nc2ccc(F)cc2C1=Nc1cccc(Cc2cccc(N=C3C(=O)Nc4ccc(F)cc43)c2)c1. The number of hydrogen-bond acceptors (Lipinski definition) is 4. The van der Waals surface area contributed by atoms with Gasteiger partial charge >= 0.3 is 0 Å². The molecule has 0 unspecified atom stereocenters. The lowest BCUT2D eigenvalue weighted by Gasteiger charge is -2.06. The van der Waals surface area contributed by atoms with Crippen LogP contribution >= 0.6 is 0 Å². The van der Waals surface area contributed by atoms with Gasteiger partial charge < -0.3 is 10.6 Å². The molecule has 0 aromatic heterocycles. The van der Waals surface area contributed by atoms with Gasteiger partial charge in [0.1, 0.15) is 23.1 Å². The van der Waals surface area contributed by atoms with E-state index in [1.54, 1.807) is 12.1 Å². The Morgan fingerprint density at radius 1 is 0.595 bits per heavy atom. The lowest BCUT2D eigenvalue weighted by molar-refractivity contribution is -0.110. The molecule has 2 aliphatic heterocycles. The van der Waals surface area contributed by atoms with Crippen LogP contribution in [0.2, 0.25) is 0 Å². The highest BCUT2D eigenvalue weighted by Gasteiger charge is 2.27. The fourth-order valence-electron chi connectivity index (χ4n) is 4.44. The Bertz CT molecular complexity index is 1550. The number of rotatable bonds is 4. The van der Waals surface area contributed by atoms with Crippen LogP contribution in [-0.4, -0.2) is 23.2 Å². The van der Waals surface area contributed by atoms with Gasteiger partial charge in [0.05, 0.1) is 22.7 Å². The van der Waals surface area contributed by atoms with Crippen LogP contribution in [0.15, 0.2) is 94.9 Å². The van der Waals surface area contributed by atoms with Gasteiger partial charge in [0.15, 0.2) is 0 Å². The fraction of sp³-hybridized carbons (Fsp3) is 0.0345. The molecule has 2 aliphatic rings. The molecule has 0 aliphatic carbocycles. The molecule has 180 valence electrons. The number of fused-ring (bicyclic) bond motifs is 2. The van der Waals surface area contributed by atoms with Gasteiger partial charge in [-0.1, -0.05) is 24.3 Å². The van der Waals surface area contributed by atoms with Crippen LogP contribution in [0.1, 0.15) is 22.3 Å². The minimum absolute atomic E-state index is 0.163. The van der Waals surface area contributed by atoms with Gasteiger partial charge in [-0.15, -0.1) is 0 Å². The van der Waals surface area contributed by atoms with Crippen LogP contribution in [-0.2, 0) is 16.0 Å². The first kappa shape index (κ1) is 22.5. The Labute approximate surface area is 210 Å². The van der Waals surface area contributed by atoms with Gasteiger partial charge in [-0.25, -0.2) is 18.8 Å². The molecule has 0 atom stereocenters. The Morgan fingerprint density at radius 2 is 1.05 bits per heavy atom. The zero-order chi connectivity index (χ0) is 25.5. The van der Waals surface area contributed by atoms with E-state index in [0.717, 1.165) is 11.1 Å². The largest absolute Gasteiger partial charge is 0.320 e. The molecule has 0 bridgehead atoms. The van der Waals surface area contributed by atoms with Crippen LogP contribution in [0, 0.1) is 11.6 Å². The standard InChI is InChI=1S/C29H18F2N4O2/c30-18-7-9-24-22(14-18)26(28(36)34-24)32-20-5-1-3-16(12-20)11-17-4-2-6-21(13-17)33-27-23-15-19(31)8-10-25(23)35-29(27)37/h1-10,12-15H,11H2,(H,32,34,36)(H,33,35,37). The molecular weight excluding hydrogens is 474 g/mol. The summed E-state index contributed by atoms with van der Waals surface area (Å²) in [6.07, 6.45) is 0.548. The molecule has 2 amide bonds. The van der Waals surface area contributed by atoms with E-state index in [1.807, 2.05) is 36.4 Å². The molecule has 8 heteroatoms. The maximum atomic E-state index is 13.7. The van der Waals surface area contributed by atoms with Crippen molar-refractivity contribution in [3.8, 4) is 0 Å². The van der Waals surface area contributed by atoms with E-state index in [-0.39, 0.29) is 23.2 Å². The lowest BCUT2D eigenvalue weighted by Crippen LogP contribution is -2.14. The molecule has 4 aromatic rings. The van der Waals surface area contributed by atoms with Crippen LogP contribution < -0.4 is 10.6 Å². The molecule has 2 N–H and O–H groups in total. The highest BCUT2D eigenvalue weighted by atomic mass is 19.1. The highest BCUT2D eigenvalue weighted by Crippen LogP contribution is 2.29. The van der Waals surface area contributed by atoms with Gasteiger partial charge in [-0.2, -0.15) is 0 Å². The minimum Gasteiger partial charge on any atom is -0.320 e. The molecule has 0 saturated carbocycles. The normalized spacial score (nSPS) is 16.1. The van der Waals surface area contributed by atoms with Crippen molar-refractivity contribution in [2.75, 3.05) is 10.6 Å². The molecule has 37 heavy (non-hydrogen) atoms. The number of anilines is 2. The Balaban J connectivity index is 1.27. The van der Waals surface area contributed by atoms with E-state index in [9.17, 15) is 18.4 Å². The number of nitrogens with zero attached hydrogens (tertiary/aromatic N) is 2. The van der Waals surface area contributed by atoms with Crippen molar-refractivity contribution in [1.29, 1.82) is 0 Å². The van der Waals surface area contributed by atoms with Crippen molar-refractivity contribution in [2.45, 2.75) is 6.42 Å². The van der Waals surface area contributed by atoms with E-state index in [1.165, 1.54) is 36.4 Å². The first-order valence-electron chi connectivity index (χ1n) is 11.5. The number of amides is 2. The average Bonchev–Trinajstić information content (AvgIpc) is 3.34. The third-order valence-electron chi connectivity index (χ3n) is 6.11. The van der Waals surface area contributed by atoms with Crippen LogP contribution in [0.5, 0.6) is 0 Å². The number of benzene rings is 4. The maximum Gasteiger partial charge on any atom is 0.275 e. The summed E-state index contributed by atoms with van der Waals surface area (Å²) in [5, 5.41) is 5.40. The molecule has 6 rings (SSSR count). The van der Waals surface area contributed by atoms with Crippen molar-refractivity contribution in [1.82, 2.24) is 0 Å².